The first-order valence-electron chi connectivity index (χ1n) is 6.12. The smallest absolute Gasteiger partial charge is 0.292 e. The fraction of sp³-hybridized carbons (Fsp3) is 0.188. The Morgan fingerprint density at radius 3 is 2.71 bits per heavy atom. The monoisotopic (exact) mass is 323 g/mol. The molecule has 0 bridgehead atoms. The van der Waals surface area contributed by atoms with Crippen LogP contribution in [-0.2, 0) is 11.3 Å². The third kappa shape index (κ3) is 5.18. The number of nitriles is 1. The quantitative estimate of drug-likeness (QED) is 0.404. The van der Waals surface area contributed by atoms with E-state index in [1.807, 2.05) is 6.92 Å². The molecule has 1 rings (SSSR count). The minimum atomic E-state index is 0.151. The Labute approximate surface area is 134 Å². The van der Waals surface area contributed by atoms with Crippen molar-refractivity contribution in [1.29, 1.82) is 5.26 Å². The van der Waals surface area contributed by atoms with Crippen LogP contribution in [0.3, 0.4) is 0 Å². The molecule has 0 aliphatic heterocycles. The summed E-state index contributed by atoms with van der Waals surface area (Å²) in [4.78, 5) is 0. The summed E-state index contributed by atoms with van der Waals surface area (Å²) in [6.07, 6.45) is 5.00. The maximum absolute atomic E-state index is 8.65. The van der Waals surface area contributed by atoms with Gasteiger partial charge in [-0.3, -0.25) is 0 Å². The summed E-state index contributed by atoms with van der Waals surface area (Å²) in [5.41, 5.74) is 1.43. The number of hydrogen-bond donors (Lipinski definition) is 0. The molecule has 0 aliphatic carbocycles. The first-order valence-corrected chi connectivity index (χ1v) is 6.88. The molecule has 3 nitrogen and oxygen atoms in total. The molecule has 0 amide bonds. The van der Waals surface area contributed by atoms with Crippen molar-refractivity contribution in [1.82, 2.24) is 0 Å². The molecule has 0 saturated carbocycles. The summed E-state index contributed by atoms with van der Waals surface area (Å²) < 4.78 is 10.6. The van der Waals surface area contributed by atoms with Crippen LogP contribution in [0, 0.1) is 11.5 Å². The molecule has 0 radical (unpaired) electrons. The second-order valence-corrected chi connectivity index (χ2v) is 5.18. The van der Waals surface area contributed by atoms with Gasteiger partial charge in [0.15, 0.2) is 0 Å². The van der Waals surface area contributed by atoms with Gasteiger partial charge in [0.25, 0.3) is 6.26 Å². The van der Waals surface area contributed by atoms with E-state index in [1.165, 1.54) is 0 Å². The molecule has 0 saturated heterocycles. The molecule has 0 spiro atoms. The van der Waals surface area contributed by atoms with E-state index in [1.54, 1.807) is 43.5 Å². The highest BCUT2D eigenvalue weighted by Crippen LogP contribution is 2.28. The van der Waals surface area contributed by atoms with Gasteiger partial charge in [0.2, 0.25) is 0 Å². The van der Waals surface area contributed by atoms with Crippen LogP contribution in [0.25, 0.3) is 0 Å². The van der Waals surface area contributed by atoms with Crippen LogP contribution in [0.4, 0.5) is 0 Å². The van der Waals surface area contributed by atoms with E-state index in [2.05, 4.69) is 6.58 Å². The molecule has 0 fully saturated rings. The van der Waals surface area contributed by atoms with Crippen molar-refractivity contribution in [2.45, 2.75) is 20.5 Å². The van der Waals surface area contributed by atoms with Gasteiger partial charge >= 0.3 is 0 Å². The summed E-state index contributed by atoms with van der Waals surface area (Å²) >= 11 is 12.0. The first kappa shape index (κ1) is 17.2. The third-order valence-corrected chi connectivity index (χ3v) is 3.09. The van der Waals surface area contributed by atoms with Crippen LogP contribution >= 0.6 is 23.2 Å². The molecule has 0 atom stereocenters. The minimum absolute atomic E-state index is 0.151. The lowest BCUT2D eigenvalue weighted by atomic mass is 10.2. The zero-order valence-electron chi connectivity index (χ0n) is 11.8. The zero-order valence-corrected chi connectivity index (χ0v) is 13.3. The summed E-state index contributed by atoms with van der Waals surface area (Å²) in [6, 6.07) is 5.06. The molecule has 21 heavy (non-hydrogen) atoms. The molecule has 1 aromatic rings. The van der Waals surface area contributed by atoms with E-state index >= 15 is 0 Å². The van der Waals surface area contributed by atoms with E-state index in [0.717, 1.165) is 5.57 Å². The zero-order chi connectivity index (χ0) is 15.8. The van der Waals surface area contributed by atoms with Crippen LogP contribution in [0.15, 0.2) is 53.3 Å². The Balaban J connectivity index is 3.04. The van der Waals surface area contributed by atoms with Gasteiger partial charge < -0.3 is 9.47 Å². The summed E-state index contributed by atoms with van der Waals surface area (Å²) in [5.74, 6) is 0.951. The fourth-order valence-corrected chi connectivity index (χ4v) is 1.84. The van der Waals surface area contributed by atoms with Gasteiger partial charge in [0.1, 0.15) is 18.1 Å². The molecule has 1 aromatic carbocycles. The average Bonchev–Trinajstić information content (AvgIpc) is 2.44. The average molecular weight is 324 g/mol. The molecule has 0 N–H and O–H groups in total. The lowest BCUT2D eigenvalue weighted by Gasteiger charge is -2.12. The second kappa shape index (κ2) is 8.41. The maximum Gasteiger partial charge on any atom is 0.292 e. The predicted molar refractivity (Wildman–Crippen MR) is 85.0 cm³/mol. The van der Waals surface area contributed by atoms with Crippen LogP contribution < -0.4 is 4.74 Å². The highest BCUT2D eigenvalue weighted by molar-refractivity contribution is 6.31. The van der Waals surface area contributed by atoms with Crippen molar-refractivity contribution < 1.29 is 9.47 Å². The second-order valence-electron chi connectivity index (χ2n) is 4.18. The van der Waals surface area contributed by atoms with Gasteiger partial charge in [0, 0.05) is 5.03 Å². The predicted octanol–water partition coefficient (Wildman–Crippen LogP) is 5.32. The van der Waals surface area contributed by atoms with Gasteiger partial charge in [-0.05, 0) is 37.6 Å². The van der Waals surface area contributed by atoms with E-state index in [0.29, 0.717) is 27.1 Å². The number of ether oxygens (including phenoxy) is 2. The molecule has 0 unspecified atom stereocenters. The molecule has 5 heteroatoms. The Morgan fingerprint density at radius 2 is 2.14 bits per heavy atom. The van der Waals surface area contributed by atoms with E-state index in [-0.39, 0.29) is 6.61 Å². The SMILES string of the molecule is C=C/C(C)=C(\C=C(/C)Cl)OCc1c(Cl)cccc1OC#N. The van der Waals surface area contributed by atoms with Crippen molar-refractivity contribution in [3.63, 3.8) is 0 Å². The van der Waals surface area contributed by atoms with Gasteiger partial charge in [-0.25, -0.2) is 0 Å². The lowest BCUT2D eigenvalue weighted by molar-refractivity contribution is 0.206. The largest absolute Gasteiger partial charge is 0.488 e. The van der Waals surface area contributed by atoms with Crippen LogP contribution in [0.1, 0.15) is 19.4 Å². The number of hydrogen-bond acceptors (Lipinski definition) is 3. The summed E-state index contributed by atoms with van der Waals surface area (Å²) in [6.45, 7) is 7.47. The van der Waals surface area contributed by atoms with E-state index in [9.17, 15) is 0 Å². The highest BCUT2D eigenvalue weighted by Gasteiger charge is 2.10. The van der Waals surface area contributed by atoms with Gasteiger partial charge in [-0.15, -0.1) is 5.26 Å². The van der Waals surface area contributed by atoms with Crippen LogP contribution in [-0.4, -0.2) is 0 Å². The van der Waals surface area contributed by atoms with Crippen molar-refractivity contribution in [2.75, 3.05) is 0 Å². The Bertz CT molecular complexity index is 624. The number of allylic oxidation sites excluding steroid dienone is 4. The van der Waals surface area contributed by atoms with E-state index in [4.69, 9.17) is 37.9 Å². The summed E-state index contributed by atoms with van der Waals surface area (Å²) in [5, 5.41) is 9.70. The van der Waals surface area contributed by atoms with Gasteiger partial charge in [-0.1, -0.05) is 41.9 Å². The topological polar surface area (TPSA) is 42.2 Å². The highest BCUT2D eigenvalue weighted by atomic mass is 35.5. The van der Waals surface area contributed by atoms with Crippen molar-refractivity contribution in [2.24, 2.45) is 0 Å². The third-order valence-electron chi connectivity index (χ3n) is 2.63. The minimum Gasteiger partial charge on any atom is -0.488 e. The fourth-order valence-electron chi connectivity index (χ4n) is 1.52. The van der Waals surface area contributed by atoms with Crippen molar-refractivity contribution >= 4 is 23.2 Å². The molecule has 0 heterocycles. The van der Waals surface area contributed by atoms with Gasteiger partial charge in [0.05, 0.1) is 10.6 Å². The number of benzene rings is 1. The molecule has 0 aliphatic rings. The Morgan fingerprint density at radius 1 is 1.43 bits per heavy atom. The molecular formula is C16H15Cl2NO2. The first-order chi connectivity index (χ1) is 9.99. The maximum atomic E-state index is 8.65. The van der Waals surface area contributed by atoms with Crippen molar-refractivity contribution in [3.05, 3.63) is 63.9 Å². The van der Waals surface area contributed by atoms with Crippen molar-refractivity contribution in [3.8, 4) is 12.0 Å². The normalized spacial score (nSPS) is 12.2. The van der Waals surface area contributed by atoms with Crippen LogP contribution in [0.5, 0.6) is 5.75 Å². The van der Waals surface area contributed by atoms with Gasteiger partial charge in [-0.2, -0.15) is 0 Å². The standard InChI is InChI=1S/C16H15Cl2NO2/c1-4-11(2)16(8-12(3)17)20-9-13-14(18)6-5-7-15(13)21-10-19/h4-8H,1,9H2,2-3H3/b12-8+,16-11+. The molecule has 0 aromatic heterocycles. The number of halogens is 2. The number of rotatable bonds is 6. The molecular weight excluding hydrogens is 309 g/mol. The Kier molecular flexibility index (Phi) is 6.87. The van der Waals surface area contributed by atoms with Crippen LogP contribution in [0.2, 0.25) is 5.02 Å². The van der Waals surface area contributed by atoms with E-state index < -0.39 is 0 Å². The number of nitrogens with zero attached hydrogens (tertiary/aromatic N) is 1. The molecule has 110 valence electrons. The lowest BCUT2D eigenvalue weighted by Crippen LogP contribution is -1.98. The Hall–Kier alpha value is -1.89. The summed E-state index contributed by atoms with van der Waals surface area (Å²) in [7, 11) is 0.